The van der Waals surface area contributed by atoms with Gasteiger partial charge in [-0.15, -0.1) is 0 Å². The molecule has 1 N–H and O–H groups in total. The van der Waals surface area contributed by atoms with Gasteiger partial charge in [0.25, 0.3) is 0 Å². The molecular weight excluding hydrogens is 266 g/mol. The topological polar surface area (TPSA) is 39.7 Å². The van der Waals surface area contributed by atoms with Crippen LogP contribution in [0.15, 0.2) is 18.2 Å². The quantitative estimate of drug-likeness (QED) is 0.759. The molecule has 0 radical (unpaired) electrons. The Morgan fingerprint density at radius 1 is 1.24 bits per heavy atom. The maximum Gasteiger partial charge on any atom is 0.161 e. The van der Waals surface area contributed by atoms with E-state index in [-0.39, 0.29) is 0 Å². The molecule has 1 saturated heterocycles. The van der Waals surface area contributed by atoms with Crippen LogP contribution in [0, 0.1) is 0 Å². The summed E-state index contributed by atoms with van der Waals surface area (Å²) in [5.41, 5.74) is 1.21. The molecule has 118 valence electrons. The van der Waals surface area contributed by atoms with Crippen molar-refractivity contribution in [2.45, 2.75) is 45.8 Å². The van der Waals surface area contributed by atoms with Gasteiger partial charge in [-0.2, -0.15) is 0 Å². The van der Waals surface area contributed by atoms with Crippen molar-refractivity contribution in [2.75, 3.05) is 26.4 Å². The molecule has 1 heterocycles. The van der Waals surface area contributed by atoms with Crippen LogP contribution in [0.1, 0.15) is 38.7 Å². The minimum Gasteiger partial charge on any atom is -0.490 e. The van der Waals surface area contributed by atoms with E-state index < -0.39 is 0 Å². The first-order chi connectivity index (χ1) is 10.3. The van der Waals surface area contributed by atoms with Crippen molar-refractivity contribution in [3.8, 4) is 11.5 Å². The highest BCUT2D eigenvalue weighted by Gasteiger charge is 2.15. The fourth-order valence-corrected chi connectivity index (χ4v) is 2.49. The summed E-state index contributed by atoms with van der Waals surface area (Å²) in [4.78, 5) is 0. The molecule has 4 nitrogen and oxygen atoms in total. The smallest absolute Gasteiger partial charge is 0.161 e. The summed E-state index contributed by atoms with van der Waals surface area (Å²) in [6, 6.07) is 6.16. The molecule has 1 aliphatic rings. The summed E-state index contributed by atoms with van der Waals surface area (Å²) in [5, 5.41) is 3.32. The van der Waals surface area contributed by atoms with Crippen molar-refractivity contribution in [1.82, 2.24) is 5.32 Å². The number of nitrogens with one attached hydrogen (secondary N) is 1. The van der Waals surface area contributed by atoms with Crippen LogP contribution >= 0.6 is 0 Å². The Bertz CT molecular complexity index is 416. The number of rotatable bonds is 9. The van der Waals surface area contributed by atoms with Gasteiger partial charge < -0.3 is 19.5 Å². The summed E-state index contributed by atoms with van der Waals surface area (Å²) in [7, 11) is 0. The third-order valence-electron chi connectivity index (χ3n) is 3.61. The zero-order valence-electron chi connectivity index (χ0n) is 13.2. The van der Waals surface area contributed by atoms with Gasteiger partial charge in [0, 0.05) is 19.6 Å². The van der Waals surface area contributed by atoms with Gasteiger partial charge in [0.15, 0.2) is 11.5 Å². The Kier molecular flexibility index (Phi) is 6.83. The first kappa shape index (κ1) is 16.1. The number of hydrogen-bond acceptors (Lipinski definition) is 4. The van der Waals surface area contributed by atoms with Crippen molar-refractivity contribution >= 4 is 0 Å². The zero-order valence-corrected chi connectivity index (χ0v) is 13.2. The van der Waals surface area contributed by atoms with E-state index >= 15 is 0 Å². The fourth-order valence-electron chi connectivity index (χ4n) is 2.49. The van der Waals surface area contributed by atoms with Crippen molar-refractivity contribution in [2.24, 2.45) is 0 Å². The van der Waals surface area contributed by atoms with Crippen LogP contribution in [0.3, 0.4) is 0 Å². The highest BCUT2D eigenvalue weighted by atomic mass is 16.5. The average Bonchev–Trinajstić information content (AvgIpc) is 3.00. The highest BCUT2D eigenvalue weighted by Crippen LogP contribution is 2.29. The largest absolute Gasteiger partial charge is 0.490 e. The standard InChI is InChI=1S/C17H27NO3/c1-3-18-13-14-7-8-16(17(12-14)19-4-2)21-11-9-15-6-5-10-20-15/h7-8,12,15,18H,3-6,9-11,13H2,1-2H3. The molecule has 0 aromatic heterocycles. The minimum absolute atomic E-state index is 0.369. The Morgan fingerprint density at radius 3 is 2.86 bits per heavy atom. The van der Waals surface area contributed by atoms with E-state index in [1.165, 1.54) is 12.0 Å². The van der Waals surface area contributed by atoms with Gasteiger partial charge in [0.05, 0.1) is 19.3 Å². The summed E-state index contributed by atoms with van der Waals surface area (Å²) in [6.45, 7) is 8.13. The number of hydrogen-bond donors (Lipinski definition) is 1. The first-order valence-electron chi connectivity index (χ1n) is 8.04. The van der Waals surface area contributed by atoms with Crippen LogP contribution in [0.4, 0.5) is 0 Å². The molecule has 1 fully saturated rings. The fraction of sp³-hybridized carbons (Fsp3) is 0.647. The van der Waals surface area contributed by atoms with Crippen LogP contribution < -0.4 is 14.8 Å². The van der Waals surface area contributed by atoms with E-state index in [9.17, 15) is 0 Å². The molecule has 1 aromatic rings. The second-order valence-corrected chi connectivity index (χ2v) is 5.27. The van der Waals surface area contributed by atoms with E-state index in [1.54, 1.807) is 0 Å². The molecule has 0 bridgehead atoms. The molecule has 1 aromatic carbocycles. The predicted octanol–water partition coefficient (Wildman–Crippen LogP) is 3.14. The van der Waals surface area contributed by atoms with Crippen LogP contribution in [0.2, 0.25) is 0 Å². The van der Waals surface area contributed by atoms with E-state index in [0.717, 1.165) is 44.0 Å². The second kappa shape index (κ2) is 8.90. The van der Waals surface area contributed by atoms with Crippen molar-refractivity contribution in [3.63, 3.8) is 0 Å². The molecule has 1 unspecified atom stereocenters. The molecule has 2 rings (SSSR count). The molecular formula is C17H27NO3. The number of ether oxygens (including phenoxy) is 3. The lowest BCUT2D eigenvalue weighted by molar-refractivity contribution is 0.0897. The molecule has 0 amide bonds. The van der Waals surface area contributed by atoms with Crippen LogP contribution in [-0.4, -0.2) is 32.5 Å². The molecule has 1 aliphatic heterocycles. The summed E-state index contributed by atoms with van der Waals surface area (Å²) in [6.07, 6.45) is 3.65. The molecule has 0 aliphatic carbocycles. The van der Waals surface area contributed by atoms with Crippen molar-refractivity contribution in [3.05, 3.63) is 23.8 Å². The molecule has 0 spiro atoms. The average molecular weight is 293 g/mol. The Labute approximate surface area is 127 Å². The van der Waals surface area contributed by atoms with Crippen molar-refractivity contribution in [1.29, 1.82) is 0 Å². The Balaban J connectivity index is 1.89. The normalized spacial score (nSPS) is 17.9. The predicted molar refractivity (Wildman–Crippen MR) is 84.1 cm³/mol. The molecule has 1 atom stereocenters. The van der Waals surface area contributed by atoms with Crippen molar-refractivity contribution < 1.29 is 14.2 Å². The summed E-state index contributed by atoms with van der Waals surface area (Å²) >= 11 is 0. The van der Waals surface area contributed by atoms with Gasteiger partial charge in [-0.05, 0) is 44.0 Å². The van der Waals surface area contributed by atoms with E-state index in [0.29, 0.717) is 19.3 Å². The molecule has 21 heavy (non-hydrogen) atoms. The minimum atomic E-state index is 0.369. The lowest BCUT2D eigenvalue weighted by atomic mass is 10.2. The lowest BCUT2D eigenvalue weighted by Crippen LogP contribution is -2.13. The molecule has 4 heteroatoms. The Hall–Kier alpha value is -1.26. The SMILES string of the molecule is CCNCc1ccc(OCCC2CCCO2)c(OCC)c1. The zero-order chi connectivity index (χ0) is 14.9. The maximum absolute atomic E-state index is 5.89. The van der Waals surface area contributed by atoms with Crippen LogP contribution in [-0.2, 0) is 11.3 Å². The van der Waals surface area contributed by atoms with Gasteiger partial charge in [-0.1, -0.05) is 13.0 Å². The van der Waals surface area contributed by atoms with Gasteiger partial charge in [-0.3, -0.25) is 0 Å². The van der Waals surface area contributed by atoms with E-state index in [4.69, 9.17) is 14.2 Å². The van der Waals surface area contributed by atoms with Crippen LogP contribution in [0.25, 0.3) is 0 Å². The summed E-state index contributed by atoms with van der Waals surface area (Å²) in [5.74, 6) is 1.66. The lowest BCUT2D eigenvalue weighted by Gasteiger charge is -2.15. The van der Waals surface area contributed by atoms with E-state index in [1.807, 2.05) is 13.0 Å². The third kappa shape index (κ3) is 5.21. The van der Waals surface area contributed by atoms with Gasteiger partial charge in [0.2, 0.25) is 0 Å². The molecule has 0 saturated carbocycles. The monoisotopic (exact) mass is 293 g/mol. The van der Waals surface area contributed by atoms with E-state index in [2.05, 4.69) is 24.4 Å². The van der Waals surface area contributed by atoms with Gasteiger partial charge >= 0.3 is 0 Å². The van der Waals surface area contributed by atoms with Crippen LogP contribution in [0.5, 0.6) is 11.5 Å². The second-order valence-electron chi connectivity index (χ2n) is 5.27. The summed E-state index contributed by atoms with van der Waals surface area (Å²) < 4.78 is 17.2. The Morgan fingerprint density at radius 2 is 2.14 bits per heavy atom. The van der Waals surface area contributed by atoms with Gasteiger partial charge in [0.1, 0.15) is 0 Å². The first-order valence-corrected chi connectivity index (χ1v) is 8.04. The highest BCUT2D eigenvalue weighted by molar-refractivity contribution is 5.43. The van der Waals surface area contributed by atoms with Gasteiger partial charge in [-0.25, -0.2) is 0 Å². The third-order valence-corrected chi connectivity index (χ3v) is 3.61. The number of benzene rings is 1. The maximum atomic E-state index is 5.89.